The molecule has 0 aliphatic rings. The van der Waals surface area contributed by atoms with Gasteiger partial charge in [-0.05, 0) is 29.8 Å². The lowest BCUT2D eigenvalue weighted by atomic mass is 10.2. The molecule has 2 heterocycles. The van der Waals surface area contributed by atoms with Crippen molar-refractivity contribution in [2.45, 2.75) is 6.54 Å². The minimum absolute atomic E-state index is 0.0679. The first-order valence-corrected chi connectivity index (χ1v) is 10.7. The summed E-state index contributed by atoms with van der Waals surface area (Å²) < 4.78 is 2.29. The van der Waals surface area contributed by atoms with E-state index in [4.69, 9.17) is 4.98 Å². The highest BCUT2D eigenvalue weighted by atomic mass is 32.1. The van der Waals surface area contributed by atoms with E-state index in [9.17, 15) is 4.79 Å². The van der Waals surface area contributed by atoms with Gasteiger partial charge in [-0.25, -0.2) is 4.98 Å². The Bertz CT molecular complexity index is 1290. The number of aromatic nitrogens is 1. The van der Waals surface area contributed by atoms with E-state index in [-0.39, 0.29) is 5.91 Å². The Morgan fingerprint density at radius 1 is 0.929 bits per heavy atom. The molecule has 2 aromatic heterocycles. The van der Waals surface area contributed by atoms with Gasteiger partial charge >= 0.3 is 0 Å². The standard InChI is InChI=1S/C23H16N2OS2/c26-22(24-13-15-6-2-1-3-7-15)16-10-11-19-21(12-16)28-23(25-19)18-14-27-20-9-5-4-8-17(18)20/h1-12,14H,13H2,(H,24,26). The van der Waals surface area contributed by atoms with Crippen molar-refractivity contribution in [1.82, 2.24) is 10.3 Å². The van der Waals surface area contributed by atoms with E-state index in [0.717, 1.165) is 26.4 Å². The zero-order valence-electron chi connectivity index (χ0n) is 14.9. The number of amides is 1. The van der Waals surface area contributed by atoms with Crippen molar-refractivity contribution in [3.63, 3.8) is 0 Å². The lowest BCUT2D eigenvalue weighted by molar-refractivity contribution is 0.0951. The third kappa shape index (κ3) is 3.19. The monoisotopic (exact) mass is 400 g/mol. The number of fused-ring (bicyclic) bond motifs is 2. The number of hydrogen-bond donors (Lipinski definition) is 1. The number of benzene rings is 3. The van der Waals surface area contributed by atoms with Crippen LogP contribution in [0.4, 0.5) is 0 Å². The third-order valence-corrected chi connectivity index (χ3v) is 6.67. The summed E-state index contributed by atoms with van der Waals surface area (Å²) in [5.41, 5.74) is 3.84. The number of thiazole rings is 1. The first kappa shape index (κ1) is 17.1. The van der Waals surface area contributed by atoms with Crippen LogP contribution in [0, 0.1) is 0 Å². The maximum Gasteiger partial charge on any atom is 0.251 e. The third-order valence-electron chi connectivity index (χ3n) is 4.66. The van der Waals surface area contributed by atoms with Crippen LogP contribution >= 0.6 is 22.7 Å². The Balaban J connectivity index is 1.43. The summed E-state index contributed by atoms with van der Waals surface area (Å²) in [5.74, 6) is -0.0679. The fourth-order valence-corrected chi connectivity index (χ4v) is 5.26. The van der Waals surface area contributed by atoms with Crippen LogP contribution in [-0.4, -0.2) is 10.9 Å². The highest BCUT2D eigenvalue weighted by Gasteiger charge is 2.13. The minimum Gasteiger partial charge on any atom is -0.348 e. The molecule has 0 radical (unpaired) electrons. The van der Waals surface area contributed by atoms with Crippen LogP contribution in [0.2, 0.25) is 0 Å². The van der Waals surface area contributed by atoms with Crippen molar-refractivity contribution in [3.05, 3.63) is 89.3 Å². The van der Waals surface area contributed by atoms with E-state index in [0.29, 0.717) is 12.1 Å². The van der Waals surface area contributed by atoms with Crippen LogP contribution in [0.25, 0.3) is 30.9 Å². The molecule has 0 atom stereocenters. The second-order valence-corrected chi connectivity index (χ2v) is 8.46. The Labute approximate surface area is 170 Å². The Morgan fingerprint density at radius 2 is 1.75 bits per heavy atom. The maximum absolute atomic E-state index is 12.5. The molecule has 1 amide bonds. The number of thiophene rings is 1. The van der Waals surface area contributed by atoms with Crippen molar-refractivity contribution < 1.29 is 4.79 Å². The SMILES string of the molecule is O=C(NCc1ccccc1)c1ccc2nc(-c3csc4ccccc34)sc2c1. The molecule has 0 unspecified atom stereocenters. The number of rotatable bonds is 4. The predicted octanol–water partition coefficient (Wildman–Crippen LogP) is 6.11. The van der Waals surface area contributed by atoms with Crippen molar-refractivity contribution in [2.24, 2.45) is 0 Å². The van der Waals surface area contributed by atoms with E-state index in [1.165, 1.54) is 10.1 Å². The summed E-state index contributed by atoms with van der Waals surface area (Å²) >= 11 is 3.37. The Morgan fingerprint density at radius 3 is 2.64 bits per heavy atom. The lowest BCUT2D eigenvalue weighted by Crippen LogP contribution is -2.22. The van der Waals surface area contributed by atoms with Crippen LogP contribution in [0.1, 0.15) is 15.9 Å². The van der Waals surface area contributed by atoms with Crippen LogP contribution in [0.5, 0.6) is 0 Å². The minimum atomic E-state index is -0.0679. The summed E-state index contributed by atoms with van der Waals surface area (Å²) in [7, 11) is 0. The van der Waals surface area contributed by atoms with Gasteiger partial charge in [-0.2, -0.15) is 0 Å². The molecule has 0 aliphatic heterocycles. The average molecular weight is 401 g/mol. The van der Waals surface area contributed by atoms with Gasteiger partial charge in [-0.1, -0.05) is 48.5 Å². The molecule has 0 fully saturated rings. The molecule has 136 valence electrons. The molecule has 0 aliphatic carbocycles. The molecule has 5 heteroatoms. The van der Waals surface area contributed by atoms with Crippen LogP contribution in [0.3, 0.4) is 0 Å². The van der Waals surface area contributed by atoms with E-state index < -0.39 is 0 Å². The van der Waals surface area contributed by atoms with Gasteiger partial charge in [0.1, 0.15) is 5.01 Å². The van der Waals surface area contributed by atoms with E-state index >= 15 is 0 Å². The molecule has 28 heavy (non-hydrogen) atoms. The predicted molar refractivity (Wildman–Crippen MR) is 118 cm³/mol. The molecule has 5 rings (SSSR count). The van der Waals surface area contributed by atoms with Crippen LogP contribution in [0.15, 0.2) is 78.2 Å². The summed E-state index contributed by atoms with van der Waals surface area (Å²) in [5, 5.41) is 7.37. The Kier molecular flexibility index (Phi) is 4.39. The molecule has 0 bridgehead atoms. The highest BCUT2D eigenvalue weighted by Crippen LogP contribution is 2.38. The Hall–Kier alpha value is -3.02. The number of carbonyl (C=O) groups excluding carboxylic acids is 1. The molecule has 3 aromatic carbocycles. The smallest absolute Gasteiger partial charge is 0.251 e. The molecule has 1 N–H and O–H groups in total. The van der Waals surface area contributed by atoms with Crippen molar-refractivity contribution in [1.29, 1.82) is 0 Å². The average Bonchev–Trinajstić information content (AvgIpc) is 3.36. The number of nitrogens with zero attached hydrogens (tertiary/aromatic N) is 1. The van der Waals surface area contributed by atoms with Crippen LogP contribution < -0.4 is 5.32 Å². The quantitative estimate of drug-likeness (QED) is 0.395. The van der Waals surface area contributed by atoms with Gasteiger partial charge in [0.25, 0.3) is 5.91 Å². The summed E-state index contributed by atoms with van der Waals surface area (Å²) in [6.45, 7) is 0.520. The van der Waals surface area contributed by atoms with Crippen molar-refractivity contribution >= 4 is 48.9 Å². The van der Waals surface area contributed by atoms with Gasteiger partial charge in [-0.3, -0.25) is 4.79 Å². The van der Waals surface area contributed by atoms with Crippen molar-refractivity contribution in [3.8, 4) is 10.6 Å². The van der Waals surface area contributed by atoms with Gasteiger partial charge in [0.2, 0.25) is 0 Å². The van der Waals surface area contributed by atoms with Gasteiger partial charge in [0, 0.05) is 33.1 Å². The fourth-order valence-electron chi connectivity index (χ4n) is 3.20. The molecular weight excluding hydrogens is 384 g/mol. The first-order chi connectivity index (χ1) is 13.8. The van der Waals surface area contributed by atoms with Gasteiger partial charge < -0.3 is 5.32 Å². The summed E-state index contributed by atoms with van der Waals surface area (Å²) in [4.78, 5) is 17.3. The zero-order chi connectivity index (χ0) is 18.9. The zero-order valence-corrected chi connectivity index (χ0v) is 16.5. The normalized spacial score (nSPS) is 11.1. The van der Waals surface area contributed by atoms with Gasteiger partial charge in [-0.15, -0.1) is 22.7 Å². The maximum atomic E-state index is 12.5. The van der Waals surface area contributed by atoms with Gasteiger partial charge in [0.15, 0.2) is 0 Å². The van der Waals surface area contributed by atoms with E-state index in [1.54, 1.807) is 22.7 Å². The number of nitrogens with one attached hydrogen (secondary N) is 1. The first-order valence-electron chi connectivity index (χ1n) is 8.97. The molecular formula is C23H16N2OS2. The lowest BCUT2D eigenvalue weighted by Gasteiger charge is -2.05. The largest absolute Gasteiger partial charge is 0.348 e. The number of carbonyl (C=O) groups is 1. The summed E-state index contributed by atoms with van der Waals surface area (Å²) in [6, 6.07) is 24.0. The second kappa shape index (κ2) is 7.19. The van der Waals surface area contributed by atoms with Crippen molar-refractivity contribution in [2.75, 3.05) is 0 Å². The van der Waals surface area contributed by atoms with E-state index in [1.807, 2.05) is 48.5 Å². The van der Waals surface area contributed by atoms with Gasteiger partial charge in [0.05, 0.1) is 10.2 Å². The molecule has 3 nitrogen and oxygen atoms in total. The summed E-state index contributed by atoms with van der Waals surface area (Å²) in [6.07, 6.45) is 0. The topological polar surface area (TPSA) is 42.0 Å². The number of hydrogen-bond acceptors (Lipinski definition) is 4. The molecule has 5 aromatic rings. The molecule has 0 saturated carbocycles. The molecule has 0 spiro atoms. The highest BCUT2D eigenvalue weighted by molar-refractivity contribution is 7.22. The van der Waals surface area contributed by atoms with E-state index in [2.05, 4.69) is 35.0 Å². The fraction of sp³-hybridized carbons (Fsp3) is 0.0435. The van der Waals surface area contributed by atoms with Crippen LogP contribution in [-0.2, 0) is 6.54 Å². The second-order valence-electron chi connectivity index (χ2n) is 6.52. The molecule has 0 saturated heterocycles.